The number of rotatable bonds is 9. The third-order valence-electron chi connectivity index (χ3n) is 9.23. The van der Waals surface area contributed by atoms with Crippen LogP contribution in [-0.2, 0) is 19.1 Å². The van der Waals surface area contributed by atoms with Crippen molar-refractivity contribution in [1.29, 1.82) is 0 Å². The van der Waals surface area contributed by atoms with Gasteiger partial charge in [-0.1, -0.05) is 0 Å². The van der Waals surface area contributed by atoms with Gasteiger partial charge in [-0.15, -0.1) is 0 Å². The number of fused-ring (bicyclic) bond motifs is 6. The first kappa shape index (κ1) is 28.6. The van der Waals surface area contributed by atoms with E-state index in [-0.39, 0.29) is 71.7 Å². The van der Waals surface area contributed by atoms with Crippen LogP contribution < -0.4 is 48.0 Å². The maximum absolute atomic E-state index is 12.1. The summed E-state index contributed by atoms with van der Waals surface area (Å²) in [5, 5.41) is 0. The topological polar surface area (TPSA) is 52.6 Å². The summed E-state index contributed by atoms with van der Waals surface area (Å²) in [4.78, 5) is 24.3. The SMILES string of the molecule is COC(=O)C1C[N+]2(CCCCCC[N+]34CCC(CC3)C(C(=O)OC)C4)CCC1CC2.[I-].[I-]. The lowest BCUT2D eigenvalue weighted by Gasteiger charge is -2.52. The second-order valence-electron chi connectivity index (χ2n) is 10.7. The highest BCUT2D eigenvalue weighted by Crippen LogP contribution is 2.40. The van der Waals surface area contributed by atoms with Gasteiger partial charge < -0.3 is 66.4 Å². The van der Waals surface area contributed by atoms with E-state index in [1.807, 2.05) is 0 Å². The molecule has 0 saturated carbocycles. The summed E-state index contributed by atoms with van der Waals surface area (Å²) in [6.07, 6.45) is 9.90. The van der Waals surface area contributed by atoms with E-state index in [2.05, 4.69) is 0 Å². The average molecular weight is 676 g/mol. The van der Waals surface area contributed by atoms with Crippen molar-refractivity contribution in [3.63, 3.8) is 0 Å². The minimum atomic E-state index is 0. The zero-order valence-electron chi connectivity index (χ0n) is 19.9. The summed E-state index contributed by atoms with van der Waals surface area (Å²) < 4.78 is 12.5. The molecular formula is C24H42I2N2O4. The van der Waals surface area contributed by atoms with Gasteiger partial charge in [0.05, 0.1) is 66.6 Å². The minimum Gasteiger partial charge on any atom is -1.00 e. The minimum absolute atomic E-state index is 0. The molecule has 0 N–H and O–H groups in total. The van der Waals surface area contributed by atoms with Crippen LogP contribution >= 0.6 is 0 Å². The van der Waals surface area contributed by atoms with E-state index in [1.165, 1.54) is 105 Å². The first-order chi connectivity index (χ1) is 14.5. The Morgan fingerprint density at radius 1 is 0.656 bits per heavy atom. The van der Waals surface area contributed by atoms with Gasteiger partial charge in [0.25, 0.3) is 0 Å². The molecule has 2 unspecified atom stereocenters. The van der Waals surface area contributed by atoms with Gasteiger partial charge in [-0.05, 0) is 37.5 Å². The van der Waals surface area contributed by atoms with Crippen LogP contribution in [0.5, 0.6) is 0 Å². The molecule has 6 rings (SSSR count). The van der Waals surface area contributed by atoms with Crippen molar-refractivity contribution in [3.05, 3.63) is 0 Å². The van der Waals surface area contributed by atoms with Gasteiger partial charge in [-0.3, -0.25) is 9.59 Å². The second kappa shape index (κ2) is 12.3. The van der Waals surface area contributed by atoms with Crippen LogP contribution in [0.15, 0.2) is 0 Å². The molecule has 6 nitrogen and oxygen atoms in total. The van der Waals surface area contributed by atoms with E-state index < -0.39 is 0 Å². The molecule has 0 aromatic rings. The molecule has 4 bridgehead atoms. The molecular weight excluding hydrogens is 634 g/mol. The molecule has 0 amide bonds. The molecule has 0 aromatic carbocycles. The molecule has 0 aliphatic carbocycles. The van der Waals surface area contributed by atoms with Crippen molar-refractivity contribution in [2.45, 2.75) is 51.4 Å². The van der Waals surface area contributed by atoms with Gasteiger partial charge in [-0.25, -0.2) is 0 Å². The van der Waals surface area contributed by atoms with Gasteiger partial charge in [0, 0.05) is 25.7 Å². The molecule has 6 fully saturated rings. The standard InChI is InChI=1S/C24H42N2O4.2HI/c1-29-23(27)21-17-25(13-7-19(21)8-14-25)11-5-3-4-6-12-26-15-9-20(10-16-26)22(18-26)24(28)30-2;;/h19-22H,3-18H2,1-2H3;2*1H/q+2;;/p-2. The van der Waals surface area contributed by atoms with Crippen molar-refractivity contribution in [3.8, 4) is 0 Å². The molecule has 6 saturated heterocycles. The quantitative estimate of drug-likeness (QED) is 0.111. The average Bonchev–Trinajstić information content (AvgIpc) is 2.81. The molecule has 186 valence electrons. The molecule has 2 atom stereocenters. The van der Waals surface area contributed by atoms with E-state index in [0.29, 0.717) is 11.8 Å². The number of hydrogen-bond acceptors (Lipinski definition) is 4. The first-order valence-corrected chi connectivity index (χ1v) is 12.4. The summed E-state index contributed by atoms with van der Waals surface area (Å²) in [5.74, 6) is 1.44. The van der Waals surface area contributed by atoms with Crippen LogP contribution in [0.25, 0.3) is 0 Å². The fourth-order valence-electron chi connectivity index (χ4n) is 7.29. The van der Waals surface area contributed by atoms with Crippen LogP contribution in [0.2, 0.25) is 0 Å². The van der Waals surface area contributed by atoms with Crippen LogP contribution in [0, 0.1) is 23.7 Å². The number of ether oxygens (including phenoxy) is 2. The zero-order valence-corrected chi connectivity index (χ0v) is 24.2. The zero-order chi connectivity index (χ0) is 21.2. The van der Waals surface area contributed by atoms with Crippen LogP contribution in [0.3, 0.4) is 0 Å². The monoisotopic (exact) mass is 676 g/mol. The number of nitrogens with zero attached hydrogens (tertiary/aromatic N) is 2. The predicted molar refractivity (Wildman–Crippen MR) is 114 cm³/mol. The Labute approximate surface area is 228 Å². The van der Waals surface area contributed by atoms with Crippen molar-refractivity contribution in [1.82, 2.24) is 0 Å². The molecule has 0 spiro atoms. The Morgan fingerprint density at radius 2 is 1.00 bits per heavy atom. The first-order valence-electron chi connectivity index (χ1n) is 12.4. The summed E-state index contributed by atoms with van der Waals surface area (Å²) in [6, 6.07) is 0. The van der Waals surface area contributed by atoms with Crippen molar-refractivity contribution < 1.29 is 76.0 Å². The summed E-state index contributed by atoms with van der Waals surface area (Å²) in [6.45, 7) is 9.50. The van der Waals surface area contributed by atoms with E-state index in [1.54, 1.807) is 0 Å². The molecule has 6 heterocycles. The van der Waals surface area contributed by atoms with Crippen molar-refractivity contribution in [2.75, 3.05) is 66.6 Å². The summed E-state index contributed by atoms with van der Waals surface area (Å²) >= 11 is 0. The number of halogens is 2. The number of quaternary nitrogens is 2. The largest absolute Gasteiger partial charge is 1.00 e. The van der Waals surface area contributed by atoms with Crippen molar-refractivity contribution in [2.24, 2.45) is 23.7 Å². The van der Waals surface area contributed by atoms with E-state index in [4.69, 9.17) is 9.47 Å². The van der Waals surface area contributed by atoms with Crippen LogP contribution in [-0.4, -0.2) is 87.5 Å². The highest BCUT2D eigenvalue weighted by atomic mass is 127. The number of unbranched alkanes of at least 4 members (excludes halogenated alkanes) is 3. The molecule has 8 heteroatoms. The van der Waals surface area contributed by atoms with E-state index >= 15 is 0 Å². The lowest BCUT2D eigenvalue weighted by Crippen LogP contribution is -3.00. The molecule has 0 aromatic heterocycles. The van der Waals surface area contributed by atoms with Gasteiger partial charge in [0.2, 0.25) is 0 Å². The normalized spacial score (nSPS) is 37.2. The van der Waals surface area contributed by atoms with E-state index in [9.17, 15) is 9.59 Å². The third-order valence-corrected chi connectivity index (χ3v) is 9.23. The number of methoxy groups -OCH3 is 2. The Hall–Kier alpha value is 0.320. The summed E-state index contributed by atoms with van der Waals surface area (Å²) in [7, 11) is 3.07. The Balaban J connectivity index is 0.00000181. The second-order valence-corrected chi connectivity index (χ2v) is 10.7. The number of esters is 2. The van der Waals surface area contributed by atoms with Gasteiger partial charge in [0.1, 0.15) is 11.8 Å². The fraction of sp³-hybridized carbons (Fsp3) is 0.917. The number of hydrogen-bond donors (Lipinski definition) is 0. The third kappa shape index (κ3) is 6.11. The lowest BCUT2D eigenvalue weighted by molar-refractivity contribution is -0.946. The van der Waals surface area contributed by atoms with Crippen LogP contribution in [0.4, 0.5) is 0 Å². The molecule has 6 aliphatic heterocycles. The van der Waals surface area contributed by atoms with Gasteiger partial charge >= 0.3 is 11.9 Å². The number of carbonyl (C=O) groups is 2. The predicted octanol–water partition coefficient (Wildman–Crippen LogP) is -3.39. The van der Waals surface area contributed by atoms with Crippen molar-refractivity contribution >= 4 is 11.9 Å². The number of piperidine rings is 6. The maximum Gasteiger partial charge on any atom is 0.314 e. The van der Waals surface area contributed by atoms with E-state index in [0.717, 1.165) is 22.1 Å². The highest BCUT2D eigenvalue weighted by Gasteiger charge is 2.50. The van der Waals surface area contributed by atoms with Crippen LogP contribution in [0.1, 0.15) is 51.4 Å². The Kier molecular flexibility index (Phi) is 11.0. The number of carbonyl (C=O) groups excluding carboxylic acids is 2. The lowest BCUT2D eigenvalue weighted by atomic mass is 9.77. The molecule has 32 heavy (non-hydrogen) atoms. The Morgan fingerprint density at radius 3 is 1.31 bits per heavy atom. The Bertz CT molecular complexity index is 577. The highest BCUT2D eigenvalue weighted by molar-refractivity contribution is 5.73. The molecule has 6 aliphatic rings. The van der Waals surface area contributed by atoms with Gasteiger partial charge in [-0.2, -0.15) is 0 Å². The van der Waals surface area contributed by atoms with Gasteiger partial charge in [0.15, 0.2) is 0 Å². The molecule has 0 radical (unpaired) electrons. The maximum atomic E-state index is 12.1. The summed E-state index contributed by atoms with van der Waals surface area (Å²) in [5.41, 5.74) is 0. The fourth-order valence-corrected chi connectivity index (χ4v) is 7.29. The smallest absolute Gasteiger partial charge is 0.314 e.